The van der Waals surface area contributed by atoms with Gasteiger partial charge in [-0.3, -0.25) is 0 Å². The maximum absolute atomic E-state index is 5.69. The van der Waals surface area contributed by atoms with Crippen molar-refractivity contribution in [3.8, 4) is 11.5 Å². The van der Waals surface area contributed by atoms with Crippen molar-refractivity contribution < 1.29 is 14.2 Å². The summed E-state index contributed by atoms with van der Waals surface area (Å²) in [5, 5.41) is 0. The first-order valence-corrected chi connectivity index (χ1v) is 8.24. The molecule has 4 heteroatoms. The van der Waals surface area contributed by atoms with Crippen molar-refractivity contribution in [2.75, 3.05) is 46.6 Å². The third-order valence-corrected chi connectivity index (χ3v) is 4.03. The molecule has 0 unspecified atom stereocenters. The Morgan fingerprint density at radius 3 is 2.50 bits per heavy atom. The van der Waals surface area contributed by atoms with Gasteiger partial charge in [-0.25, -0.2) is 0 Å². The zero-order valence-corrected chi connectivity index (χ0v) is 14.1. The monoisotopic (exact) mass is 307 g/mol. The average Bonchev–Trinajstić information content (AvgIpc) is 2.50. The zero-order chi connectivity index (χ0) is 15.8. The van der Waals surface area contributed by atoms with Gasteiger partial charge >= 0.3 is 0 Å². The Bertz CT molecular complexity index is 428. The van der Waals surface area contributed by atoms with Gasteiger partial charge in [0, 0.05) is 25.7 Å². The molecular weight excluding hydrogens is 278 g/mol. The van der Waals surface area contributed by atoms with Gasteiger partial charge in [0.05, 0.1) is 20.3 Å². The number of hydrogen-bond acceptors (Lipinski definition) is 4. The molecule has 2 atom stereocenters. The molecule has 1 fully saturated rings. The molecule has 0 saturated carbocycles. The van der Waals surface area contributed by atoms with Crippen LogP contribution in [0.15, 0.2) is 24.3 Å². The first-order chi connectivity index (χ1) is 10.7. The fraction of sp³-hybridized carbons (Fsp3) is 0.667. The van der Waals surface area contributed by atoms with Crippen LogP contribution in [0.5, 0.6) is 11.5 Å². The SMILES string of the molecule is COc1cccc(OCCOCCN2C[C@H](C)C[C@H](C)C2)c1. The maximum Gasteiger partial charge on any atom is 0.123 e. The van der Waals surface area contributed by atoms with E-state index >= 15 is 0 Å². The highest BCUT2D eigenvalue weighted by atomic mass is 16.5. The van der Waals surface area contributed by atoms with Crippen molar-refractivity contribution in [1.29, 1.82) is 0 Å². The minimum Gasteiger partial charge on any atom is -0.497 e. The summed E-state index contributed by atoms with van der Waals surface area (Å²) >= 11 is 0. The number of piperidine rings is 1. The Kier molecular flexibility index (Phi) is 7.00. The van der Waals surface area contributed by atoms with Crippen LogP contribution in [0, 0.1) is 11.8 Å². The molecule has 0 bridgehead atoms. The molecule has 0 N–H and O–H groups in total. The molecule has 0 aliphatic carbocycles. The molecule has 0 spiro atoms. The molecule has 22 heavy (non-hydrogen) atoms. The van der Waals surface area contributed by atoms with Crippen LogP contribution < -0.4 is 9.47 Å². The summed E-state index contributed by atoms with van der Waals surface area (Å²) in [5.41, 5.74) is 0. The number of rotatable bonds is 8. The van der Waals surface area contributed by atoms with E-state index in [0.29, 0.717) is 13.2 Å². The van der Waals surface area contributed by atoms with Crippen molar-refractivity contribution in [2.45, 2.75) is 20.3 Å². The summed E-state index contributed by atoms with van der Waals surface area (Å²) in [7, 11) is 1.66. The first kappa shape index (κ1) is 17.1. The van der Waals surface area contributed by atoms with Crippen molar-refractivity contribution in [3.05, 3.63) is 24.3 Å². The normalized spacial score (nSPS) is 22.5. The van der Waals surface area contributed by atoms with Gasteiger partial charge in [0.25, 0.3) is 0 Å². The van der Waals surface area contributed by atoms with Crippen molar-refractivity contribution in [3.63, 3.8) is 0 Å². The van der Waals surface area contributed by atoms with Crippen molar-refractivity contribution in [2.24, 2.45) is 11.8 Å². The summed E-state index contributed by atoms with van der Waals surface area (Å²) in [4.78, 5) is 2.52. The van der Waals surface area contributed by atoms with E-state index in [1.165, 1.54) is 19.5 Å². The highest BCUT2D eigenvalue weighted by molar-refractivity contribution is 5.32. The smallest absolute Gasteiger partial charge is 0.123 e. The van der Waals surface area contributed by atoms with Gasteiger partial charge in [0.15, 0.2) is 0 Å². The fourth-order valence-electron chi connectivity index (χ4n) is 3.18. The summed E-state index contributed by atoms with van der Waals surface area (Å²) in [6.45, 7) is 10.1. The van der Waals surface area contributed by atoms with Gasteiger partial charge in [-0.2, -0.15) is 0 Å². The van der Waals surface area contributed by atoms with Crippen LogP contribution in [0.4, 0.5) is 0 Å². The number of hydrogen-bond donors (Lipinski definition) is 0. The third-order valence-electron chi connectivity index (χ3n) is 4.03. The predicted molar refractivity (Wildman–Crippen MR) is 88.7 cm³/mol. The van der Waals surface area contributed by atoms with Crippen LogP contribution >= 0.6 is 0 Å². The predicted octanol–water partition coefficient (Wildman–Crippen LogP) is 3.07. The zero-order valence-electron chi connectivity index (χ0n) is 14.1. The van der Waals surface area contributed by atoms with Gasteiger partial charge < -0.3 is 19.1 Å². The summed E-state index contributed by atoms with van der Waals surface area (Å²) in [6, 6.07) is 7.65. The third kappa shape index (κ3) is 5.85. The van der Waals surface area contributed by atoms with E-state index < -0.39 is 0 Å². The second-order valence-electron chi connectivity index (χ2n) is 6.35. The largest absolute Gasteiger partial charge is 0.497 e. The molecule has 1 aromatic rings. The summed E-state index contributed by atoms with van der Waals surface area (Å²) in [5.74, 6) is 3.24. The van der Waals surface area contributed by atoms with Gasteiger partial charge in [-0.05, 0) is 30.4 Å². The maximum atomic E-state index is 5.69. The van der Waals surface area contributed by atoms with Crippen molar-refractivity contribution >= 4 is 0 Å². The Hall–Kier alpha value is -1.26. The topological polar surface area (TPSA) is 30.9 Å². The Morgan fingerprint density at radius 2 is 1.77 bits per heavy atom. The van der Waals surface area contributed by atoms with Gasteiger partial charge in [-0.1, -0.05) is 19.9 Å². The van der Waals surface area contributed by atoms with E-state index in [1.807, 2.05) is 24.3 Å². The quantitative estimate of drug-likeness (QED) is 0.691. The van der Waals surface area contributed by atoms with Crippen LogP contribution in [-0.2, 0) is 4.74 Å². The number of likely N-dealkylation sites (tertiary alicyclic amines) is 1. The fourth-order valence-corrected chi connectivity index (χ4v) is 3.18. The lowest BCUT2D eigenvalue weighted by atomic mass is 9.92. The van der Waals surface area contributed by atoms with E-state index in [-0.39, 0.29) is 0 Å². The molecule has 0 amide bonds. The summed E-state index contributed by atoms with van der Waals surface area (Å²) in [6.07, 6.45) is 1.35. The molecular formula is C18H29NO3. The standard InChI is InChI=1S/C18H29NO3/c1-15-11-16(2)14-19(13-15)7-8-21-9-10-22-18-6-4-5-17(12-18)20-3/h4-6,12,15-16H,7-11,13-14H2,1-3H3/t15-,16+. The average molecular weight is 307 g/mol. The molecule has 124 valence electrons. The van der Waals surface area contributed by atoms with Gasteiger partial charge in [0.2, 0.25) is 0 Å². The highest BCUT2D eigenvalue weighted by Gasteiger charge is 2.21. The minimum atomic E-state index is 0.569. The Labute approximate surface area is 134 Å². The number of benzene rings is 1. The molecule has 0 radical (unpaired) electrons. The molecule has 1 aliphatic rings. The molecule has 1 saturated heterocycles. The second-order valence-corrected chi connectivity index (χ2v) is 6.35. The number of nitrogens with zero attached hydrogens (tertiary/aromatic N) is 1. The highest BCUT2D eigenvalue weighted by Crippen LogP contribution is 2.20. The molecule has 4 nitrogen and oxygen atoms in total. The van der Waals surface area contributed by atoms with E-state index in [0.717, 1.165) is 36.5 Å². The van der Waals surface area contributed by atoms with Gasteiger partial charge in [0.1, 0.15) is 18.1 Å². The van der Waals surface area contributed by atoms with E-state index in [2.05, 4.69) is 18.7 Å². The van der Waals surface area contributed by atoms with Crippen LogP contribution in [-0.4, -0.2) is 51.5 Å². The second kappa shape index (κ2) is 9.01. The first-order valence-electron chi connectivity index (χ1n) is 8.24. The van der Waals surface area contributed by atoms with Crippen LogP contribution in [0.2, 0.25) is 0 Å². The van der Waals surface area contributed by atoms with Crippen LogP contribution in [0.1, 0.15) is 20.3 Å². The Balaban J connectivity index is 1.55. The van der Waals surface area contributed by atoms with Gasteiger partial charge in [-0.15, -0.1) is 0 Å². The Morgan fingerprint density at radius 1 is 1.05 bits per heavy atom. The molecule has 1 aliphatic heterocycles. The van der Waals surface area contributed by atoms with E-state index in [9.17, 15) is 0 Å². The molecule has 0 aromatic heterocycles. The van der Waals surface area contributed by atoms with E-state index in [1.54, 1.807) is 7.11 Å². The lowest BCUT2D eigenvalue weighted by molar-refractivity contribution is 0.0595. The van der Waals surface area contributed by atoms with E-state index in [4.69, 9.17) is 14.2 Å². The lowest BCUT2D eigenvalue weighted by Gasteiger charge is -2.34. The molecule has 1 heterocycles. The molecule has 2 rings (SSSR count). The number of methoxy groups -OCH3 is 1. The van der Waals surface area contributed by atoms with Crippen LogP contribution in [0.25, 0.3) is 0 Å². The van der Waals surface area contributed by atoms with Crippen molar-refractivity contribution in [1.82, 2.24) is 4.90 Å². The summed E-state index contributed by atoms with van der Waals surface area (Å²) < 4.78 is 16.5. The lowest BCUT2D eigenvalue weighted by Crippen LogP contribution is -2.40. The number of ether oxygens (including phenoxy) is 3. The molecule has 1 aromatic carbocycles. The van der Waals surface area contributed by atoms with Crippen LogP contribution in [0.3, 0.4) is 0 Å². The minimum absolute atomic E-state index is 0.569.